The zero-order chi connectivity index (χ0) is 19.2. The molecule has 2 aromatic carbocycles. The minimum absolute atomic E-state index is 0.221. The van der Waals surface area contributed by atoms with Crippen molar-refractivity contribution in [3.05, 3.63) is 53.6 Å². The molecule has 0 aromatic heterocycles. The fraction of sp³-hybridized carbons (Fsp3) is 0.300. The zero-order valence-corrected chi connectivity index (χ0v) is 16.1. The number of urea groups is 1. The van der Waals surface area contributed by atoms with E-state index in [0.29, 0.717) is 17.7 Å². The molecule has 4 rings (SSSR count). The lowest BCUT2D eigenvalue weighted by Crippen LogP contribution is -2.65. The topological polar surface area (TPSA) is 67.9 Å². The van der Waals surface area contributed by atoms with Gasteiger partial charge in [-0.25, -0.2) is 9.59 Å². The van der Waals surface area contributed by atoms with Gasteiger partial charge in [0.25, 0.3) is 0 Å². The van der Waals surface area contributed by atoms with Crippen LogP contribution in [0.25, 0.3) is 0 Å². The Kier molecular flexibility index (Phi) is 4.26. The summed E-state index contributed by atoms with van der Waals surface area (Å²) in [6.45, 7) is 1.92. The van der Waals surface area contributed by atoms with Gasteiger partial charge in [0.05, 0.1) is 24.4 Å². The number of esters is 1. The number of methoxy groups -OCH3 is 1. The Bertz CT molecular complexity index is 932. The van der Waals surface area contributed by atoms with Crippen molar-refractivity contribution in [2.24, 2.45) is 0 Å². The Morgan fingerprint density at radius 2 is 2.15 bits per heavy atom. The molecule has 2 aliphatic rings. The van der Waals surface area contributed by atoms with Crippen LogP contribution in [0.15, 0.2) is 47.4 Å². The molecule has 140 valence electrons. The van der Waals surface area contributed by atoms with E-state index in [9.17, 15) is 9.59 Å². The Hall–Kier alpha value is -2.67. The zero-order valence-electron chi connectivity index (χ0n) is 15.3. The Morgan fingerprint density at radius 1 is 1.33 bits per heavy atom. The van der Waals surface area contributed by atoms with Crippen molar-refractivity contribution in [1.82, 2.24) is 5.32 Å². The predicted octanol–water partition coefficient (Wildman–Crippen LogP) is 3.96. The summed E-state index contributed by atoms with van der Waals surface area (Å²) in [7, 11) is 1.35. The number of carbonyl (C=O) groups excluding carboxylic acids is 2. The van der Waals surface area contributed by atoms with E-state index >= 15 is 0 Å². The van der Waals surface area contributed by atoms with E-state index in [4.69, 9.17) is 9.47 Å². The summed E-state index contributed by atoms with van der Waals surface area (Å²) in [6, 6.07) is 12.6. The number of benzene rings is 2. The van der Waals surface area contributed by atoms with Gasteiger partial charge in [0, 0.05) is 16.9 Å². The molecule has 1 saturated heterocycles. The molecule has 2 aliphatic heterocycles. The summed E-state index contributed by atoms with van der Waals surface area (Å²) in [5.41, 5.74) is 1.20. The van der Waals surface area contributed by atoms with Crippen LogP contribution in [0.1, 0.15) is 35.3 Å². The van der Waals surface area contributed by atoms with Crippen LogP contribution in [0, 0.1) is 0 Å². The van der Waals surface area contributed by atoms with Crippen molar-refractivity contribution >= 4 is 29.4 Å². The molecule has 1 fully saturated rings. The molecule has 0 spiro atoms. The molecule has 2 aromatic rings. The van der Waals surface area contributed by atoms with Crippen LogP contribution < -0.4 is 15.0 Å². The third-order valence-electron chi connectivity index (χ3n) is 5.00. The van der Waals surface area contributed by atoms with Gasteiger partial charge < -0.3 is 14.8 Å². The Morgan fingerprint density at radius 3 is 2.89 bits per heavy atom. The standard InChI is InChI=1S/C20H20N2O4S/c1-20-11-16(15-9-12(18(23)25-2)7-8-17(15)26-20)21-19(24)22(20)13-5-4-6-14(10-13)27-3/h4-10,16H,11H2,1-3H3,(H,21,24). The van der Waals surface area contributed by atoms with Crippen LogP contribution in [0.3, 0.4) is 0 Å². The monoisotopic (exact) mass is 384 g/mol. The van der Waals surface area contributed by atoms with Gasteiger partial charge in [-0.1, -0.05) is 6.07 Å². The largest absolute Gasteiger partial charge is 0.467 e. The summed E-state index contributed by atoms with van der Waals surface area (Å²) in [6.07, 6.45) is 2.57. The number of rotatable bonds is 3. The number of fused-ring (bicyclic) bond motifs is 4. The molecule has 0 radical (unpaired) electrons. The van der Waals surface area contributed by atoms with E-state index in [-0.39, 0.29) is 12.1 Å². The van der Waals surface area contributed by atoms with Crippen LogP contribution >= 0.6 is 11.8 Å². The number of hydrogen-bond acceptors (Lipinski definition) is 5. The maximum absolute atomic E-state index is 12.9. The van der Waals surface area contributed by atoms with E-state index in [1.165, 1.54) is 7.11 Å². The molecule has 2 amide bonds. The molecule has 27 heavy (non-hydrogen) atoms. The van der Waals surface area contributed by atoms with Crippen LogP contribution in [0.2, 0.25) is 0 Å². The van der Waals surface area contributed by atoms with E-state index in [1.807, 2.05) is 37.4 Å². The molecular weight excluding hydrogens is 364 g/mol. The van der Waals surface area contributed by atoms with Crippen molar-refractivity contribution in [3.63, 3.8) is 0 Å². The second-order valence-corrected chi connectivity index (χ2v) is 7.64. The number of carbonyl (C=O) groups is 2. The fourth-order valence-corrected chi connectivity index (χ4v) is 4.21. The molecule has 0 saturated carbocycles. The van der Waals surface area contributed by atoms with Crippen LogP contribution in [0.4, 0.5) is 10.5 Å². The highest BCUT2D eigenvalue weighted by Gasteiger charge is 2.50. The average Bonchev–Trinajstić information content (AvgIpc) is 2.66. The lowest BCUT2D eigenvalue weighted by atomic mass is 9.89. The van der Waals surface area contributed by atoms with Crippen molar-refractivity contribution in [1.29, 1.82) is 0 Å². The number of anilines is 1. The average molecular weight is 384 g/mol. The second kappa shape index (κ2) is 6.49. The normalized spacial score (nSPS) is 23.1. The van der Waals surface area contributed by atoms with Gasteiger partial charge in [-0.2, -0.15) is 0 Å². The first-order valence-corrected chi connectivity index (χ1v) is 9.84. The molecule has 1 N–H and O–H groups in total. The molecule has 7 heteroatoms. The summed E-state index contributed by atoms with van der Waals surface area (Å²) < 4.78 is 11.1. The van der Waals surface area contributed by atoms with Gasteiger partial charge in [0.15, 0.2) is 5.72 Å². The minimum Gasteiger partial charge on any atom is -0.467 e. The predicted molar refractivity (Wildman–Crippen MR) is 103 cm³/mol. The number of amides is 2. The summed E-state index contributed by atoms with van der Waals surface area (Å²) in [5, 5.41) is 3.05. The highest BCUT2D eigenvalue weighted by molar-refractivity contribution is 7.98. The highest BCUT2D eigenvalue weighted by Crippen LogP contribution is 2.46. The van der Waals surface area contributed by atoms with Crippen LogP contribution in [0.5, 0.6) is 5.75 Å². The van der Waals surface area contributed by atoms with Gasteiger partial charge in [0.1, 0.15) is 5.75 Å². The molecule has 2 atom stereocenters. The Balaban J connectivity index is 1.75. The summed E-state index contributed by atoms with van der Waals surface area (Å²) in [4.78, 5) is 27.5. The smallest absolute Gasteiger partial charge is 0.337 e. The highest BCUT2D eigenvalue weighted by atomic mass is 32.2. The molecule has 6 nitrogen and oxygen atoms in total. The fourth-order valence-electron chi connectivity index (χ4n) is 3.76. The molecule has 0 aliphatic carbocycles. The second-order valence-electron chi connectivity index (χ2n) is 6.76. The van der Waals surface area contributed by atoms with Gasteiger partial charge in [-0.15, -0.1) is 11.8 Å². The quantitative estimate of drug-likeness (QED) is 0.641. The SMILES string of the molecule is COC(=O)c1ccc2c(c1)C1CC(C)(O2)N(c2cccc(SC)c2)C(=O)N1. The third kappa shape index (κ3) is 2.92. The van der Waals surface area contributed by atoms with Gasteiger partial charge >= 0.3 is 12.0 Å². The van der Waals surface area contributed by atoms with E-state index in [2.05, 4.69) is 5.32 Å². The molecule has 2 heterocycles. The van der Waals surface area contributed by atoms with E-state index < -0.39 is 11.7 Å². The number of nitrogens with one attached hydrogen (secondary N) is 1. The van der Waals surface area contributed by atoms with Crippen molar-refractivity contribution in [3.8, 4) is 5.75 Å². The number of ether oxygens (including phenoxy) is 2. The van der Waals surface area contributed by atoms with Crippen LogP contribution in [-0.2, 0) is 4.74 Å². The summed E-state index contributed by atoms with van der Waals surface area (Å²) >= 11 is 1.62. The van der Waals surface area contributed by atoms with Crippen molar-refractivity contribution in [2.45, 2.75) is 30.0 Å². The lowest BCUT2D eigenvalue weighted by Gasteiger charge is -2.50. The first-order valence-electron chi connectivity index (χ1n) is 8.61. The van der Waals surface area contributed by atoms with Gasteiger partial charge in [-0.05, 0) is 49.6 Å². The van der Waals surface area contributed by atoms with Crippen molar-refractivity contribution < 1.29 is 19.1 Å². The number of nitrogens with zero attached hydrogens (tertiary/aromatic N) is 1. The van der Waals surface area contributed by atoms with Gasteiger partial charge in [-0.3, -0.25) is 4.90 Å². The maximum Gasteiger partial charge on any atom is 0.337 e. The minimum atomic E-state index is -0.816. The van der Waals surface area contributed by atoms with Crippen LogP contribution in [-0.4, -0.2) is 31.1 Å². The van der Waals surface area contributed by atoms with E-state index in [0.717, 1.165) is 16.1 Å². The number of hydrogen-bond donors (Lipinski definition) is 1. The van der Waals surface area contributed by atoms with E-state index in [1.54, 1.807) is 34.9 Å². The van der Waals surface area contributed by atoms with Crippen molar-refractivity contribution in [2.75, 3.05) is 18.3 Å². The molecular formula is C20H20N2O4S. The first-order chi connectivity index (χ1) is 12.9. The third-order valence-corrected chi connectivity index (χ3v) is 5.73. The molecule has 2 bridgehead atoms. The maximum atomic E-state index is 12.9. The first kappa shape index (κ1) is 17.7. The number of thioether (sulfide) groups is 1. The molecule has 2 unspecified atom stereocenters. The Labute approximate surface area is 161 Å². The lowest BCUT2D eigenvalue weighted by molar-refractivity contribution is 0.0377. The summed E-state index contributed by atoms with van der Waals surface area (Å²) in [5.74, 6) is 0.246. The van der Waals surface area contributed by atoms with Gasteiger partial charge in [0.2, 0.25) is 0 Å².